The Balaban J connectivity index is 1.60. The number of hydrogen-bond acceptors (Lipinski definition) is 5. The first-order valence-electron chi connectivity index (χ1n) is 7.85. The number of carboxylic acids is 1. The maximum atomic E-state index is 11.1. The Kier molecular flexibility index (Phi) is 4.45. The lowest BCUT2D eigenvalue weighted by Crippen LogP contribution is -2.46. The molecule has 0 atom stereocenters. The molecule has 21 heavy (non-hydrogen) atoms. The van der Waals surface area contributed by atoms with Gasteiger partial charge in [-0.05, 0) is 45.7 Å². The molecule has 0 unspecified atom stereocenters. The Morgan fingerprint density at radius 1 is 1.19 bits per heavy atom. The molecule has 2 aliphatic heterocycles. The van der Waals surface area contributed by atoms with Gasteiger partial charge >= 0.3 is 5.97 Å². The summed E-state index contributed by atoms with van der Waals surface area (Å²) >= 11 is 1.31. The van der Waals surface area contributed by atoms with Crippen molar-refractivity contribution in [3.63, 3.8) is 0 Å². The number of hydrogen-bond donors (Lipinski definition) is 1. The molecular weight excluding hydrogens is 286 g/mol. The third-order valence-corrected chi connectivity index (χ3v) is 5.83. The fraction of sp³-hybridized carbons (Fsp3) is 0.733. The summed E-state index contributed by atoms with van der Waals surface area (Å²) in [6.07, 6.45) is 6.40. The zero-order valence-electron chi connectivity index (χ0n) is 12.5. The van der Waals surface area contributed by atoms with E-state index in [0.29, 0.717) is 16.6 Å². The SMILES string of the molecule is Cc1nc(N2CCC(N3CCCCC3)CC2)sc1C(=O)O. The van der Waals surface area contributed by atoms with Crippen LogP contribution in [0.5, 0.6) is 0 Å². The Bertz CT molecular complexity index is 503. The molecule has 2 fully saturated rings. The number of aromatic nitrogens is 1. The number of carboxylic acid groups (broad SMARTS) is 1. The highest BCUT2D eigenvalue weighted by molar-refractivity contribution is 7.17. The van der Waals surface area contributed by atoms with E-state index < -0.39 is 5.97 Å². The molecule has 1 aromatic rings. The average Bonchev–Trinajstić information content (AvgIpc) is 2.90. The second-order valence-electron chi connectivity index (χ2n) is 6.03. The van der Waals surface area contributed by atoms with Crippen molar-refractivity contribution in [2.45, 2.75) is 45.1 Å². The van der Waals surface area contributed by atoms with Gasteiger partial charge in [-0.1, -0.05) is 17.8 Å². The van der Waals surface area contributed by atoms with Gasteiger partial charge in [0, 0.05) is 19.1 Å². The molecule has 0 aromatic carbocycles. The van der Waals surface area contributed by atoms with Crippen LogP contribution in [-0.2, 0) is 0 Å². The van der Waals surface area contributed by atoms with Crippen LogP contribution in [0.4, 0.5) is 5.13 Å². The van der Waals surface area contributed by atoms with Gasteiger partial charge in [0.2, 0.25) is 0 Å². The quantitative estimate of drug-likeness (QED) is 0.930. The van der Waals surface area contributed by atoms with Crippen molar-refractivity contribution >= 4 is 22.4 Å². The predicted molar refractivity (Wildman–Crippen MR) is 84.5 cm³/mol. The molecule has 0 amide bonds. The molecule has 0 bridgehead atoms. The van der Waals surface area contributed by atoms with Crippen LogP contribution in [0.25, 0.3) is 0 Å². The summed E-state index contributed by atoms with van der Waals surface area (Å²) in [6, 6.07) is 0.710. The van der Waals surface area contributed by atoms with Crippen LogP contribution < -0.4 is 4.90 Å². The third kappa shape index (κ3) is 3.21. The normalized spacial score (nSPS) is 21.7. The van der Waals surface area contributed by atoms with E-state index in [1.165, 1.54) is 56.5 Å². The van der Waals surface area contributed by atoms with Crippen molar-refractivity contribution in [1.82, 2.24) is 9.88 Å². The molecule has 116 valence electrons. The van der Waals surface area contributed by atoms with E-state index in [9.17, 15) is 4.79 Å². The minimum atomic E-state index is -0.862. The molecule has 3 heterocycles. The topological polar surface area (TPSA) is 56.7 Å². The number of likely N-dealkylation sites (tertiary alicyclic amines) is 1. The molecule has 3 rings (SSSR count). The monoisotopic (exact) mass is 309 g/mol. The minimum Gasteiger partial charge on any atom is -0.477 e. The second-order valence-corrected chi connectivity index (χ2v) is 7.01. The molecule has 0 spiro atoms. The number of thiazole rings is 1. The van der Waals surface area contributed by atoms with Crippen molar-refractivity contribution in [3.05, 3.63) is 10.6 Å². The zero-order valence-corrected chi connectivity index (χ0v) is 13.4. The summed E-state index contributed by atoms with van der Waals surface area (Å²) in [5.74, 6) is -0.862. The lowest BCUT2D eigenvalue weighted by Gasteiger charge is -2.40. The van der Waals surface area contributed by atoms with Gasteiger partial charge in [-0.3, -0.25) is 0 Å². The number of aromatic carboxylic acids is 1. The molecule has 6 heteroatoms. The third-order valence-electron chi connectivity index (χ3n) is 4.62. The van der Waals surface area contributed by atoms with Crippen LogP contribution in [0, 0.1) is 6.92 Å². The van der Waals surface area contributed by atoms with Gasteiger partial charge in [0.15, 0.2) is 5.13 Å². The number of aryl methyl sites for hydroxylation is 1. The van der Waals surface area contributed by atoms with Crippen molar-refractivity contribution in [1.29, 1.82) is 0 Å². The molecule has 2 saturated heterocycles. The highest BCUT2D eigenvalue weighted by Crippen LogP contribution is 2.29. The first-order valence-corrected chi connectivity index (χ1v) is 8.66. The van der Waals surface area contributed by atoms with E-state index >= 15 is 0 Å². The first-order chi connectivity index (χ1) is 10.1. The van der Waals surface area contributed by atoms with E-state index in [2.05, 4.69) is 14.8 Å². The van der Waals surface area contributed by atoms with Crippen molar-refractivity contribution in [2.24, 2.45) is 0 Å². The summed E-state index contributed by atoms with van der Waals surface area (Å²) in [5, 5.41) is 10.0. The molecule has 1 aromatic heterocycles. The Hall–Kier alpha value is -1.14. The van der Waals surface area contributed by atoms with Gasteiger partial charge in [0.25, 0.3) is 0 Å². The van der Waals surface area contributed by atoms with E-state index in [1.807, 2.05) is 0 Å². The Morgan fingerprint density at radius 2 is 1.86 bits per heavy atom. The summed E-state index contributed by atoms with van der Waals surface area (Å²) in [5.41, 5.74) is 0.639. The summed E-state index contributed by atoms with van der Waals surface area (Å²) in [6.45, 7) is 6.28. The average molecular weight is 309 g/mol. The number of piperidine rings is 2. The van der Waals surface area contributed by atoms with Crippen molar-refractivity contribution in [2.75, 3.05) is 31.1 Å². The highest BCUT2D eigenvalue weighted by atomic mass is 32.1. The van der Waals surface area contributed by atoms with Crippen LogP contribution in [0.3, 0.4) is 0 Å². The van der Waals surface area contributed by atoms with Crippen molar-refractivity contribution in [3.8, 4) is 0 Å². The molecule has 0 radical (unpaired) electrons. The molecule has 0 saturated carbocycles. The Morgan fingerprint density at radius 3 is 2.43 bits per heavy atom. The van der Waals surface area contributed by atoms with E-state index in [-0.39, 0.29) is 0 Å². The predicted octanol–water partition coefficient (Wildman–Crippen LogP) is 2.60. The standard InChI is InChI=1S/C15H23N3O2S/c1-11-13(14(19)20)21-15(16-11)18-9-5-12(6-10-18)17-7-3-2-4-8-17/h12H,2-10H2,1H3,(H,19,20). The van der Waals surface area contributed by atoms with Crippen LogP contribution in [0.1, 0.15) is 47.5 Å². The van der Waals surface area contributed by atoms with Crippen LogP contribution in [0.15, 0.2) is 0 Å². The minimum absolute atomic E-state index is 0.378. The second kappa shape index (κ2) is 6.32. The molecule has 5 nitrogen and oxygen atoms in total. The summed E-state index contributed by atoms with van der Waals surface area (Å²) in [4.78, 5) is 20.8. The van der Waals surface area contributed by atoms with Gasteiger partial charge in [0.1, 0.15) is 4.88 Å². The lowest BCUT2D eigenvalue weighted by atomic mass is 10.0. The lowest BCUT2D eigenvalue weighted by molar-refractivity contribution is 0.0701. The van der Waals surface area contributed by atoms with Crippen LogP contribution in [0.2, 0.25) is 0 Å². The largest absolute Gasteiger partial charge is 0.477 e. The summed E-state index contributed by atoms with van der Waals surface area (Å²) < 4.78 is 0. The van der Waals surface area contributed by atoms with Gasteiger partial charge in [-0.15, -0.1) is 0 Å². The maximum absolute atomic E-state index is 11.1. The Labute approximate surface area is 129 Å². The van der Waals surface area contributed by atoms with E-state index in [1.54, 1.807) is 6.92 Å². The van der Waals surface area contributed by atoms with E-state index in [0.717, 1.165) is 18.2 Å². The maximum Gasteiger partial charge on any atom is 0.347 e. The molecule has 1 N–H and O–H groups in total. The summed E-state index contributed by atoms with van der Waals surface area (Å²) in [7, 11) is 0. The van der Waals surface area contributed by atoms with Crippen LogP contribution in [-0.4, -0.2) is 53.2 Å². The first kappa shape index (κ1) is 14.8. The number of anilines is 1. The zero-order chi connectivity index (χ0) is 14.8. The number of carbonyl (C=O) groups is 1. The van der Waals surface area contributed by atoms with Gasteiger partial charge in [-0.2, -0.15) is 0 Å². The van der Waals surface area contributed by atoms with Crippen molar-refractivity contribution < 1.29 is 9.90 Å². The highest BCUT2D eigenvalue weighted by Gasteiger charge is 2.27. The van der Waals surface area contributed by atoms with Gasteiger partial charge < -0.3 is 14.9 Å². The van der Waals surface area contributed by atoms with Gasteiger partial charge in [0.05, 0.1) is 5.69 Å². The number of nitrogens with zero attached hydrogens (tertiary/aromatic N) is 3. The van der Waals surface area contributed by atoms with E-state index in [4.69, 9.17) is 5.11 Å². The fourth-order valence-corrected chi connectivity index (χ4v) is 4.38. The van der Waals surface area contributed by atoms with Crippen LogP contribution >= 0.6 is 11.3 Å². The number of rotatable bonds is 3. The smallest absolute Gasteiger partial charge is 0.347 e. The molecule has 2 aliphatic rings. The molecular formula is C15H23N3O2S. The molecule has 0 aliphatic carbocycles. The fourth-order valence-electron chi connectivity index (χ4n) is 3.42. The van der Waals surface area contributed by atoms with Gasteiger partial charge in [-0.25, -0.2) is 9.78 Å².